The van der Waals surface area contributed by atoms with Crippen molar-refractivity contribution in [2.24, 2.45) is 7.05 Å². The first-order valence-corrected chi connectivity index (χ1v) is 7.94. The molecular weight excluding hydrogens is 298 g/mol. The average molecular weight is 315 g/mol. The zero-order valence-electron chi connectivity index (χ0n) is 13.3. The summed E-state index contributed by atoms with van der Waals surface area (Å²) in [6, 6.07) is 17.9. The number of para-hydroxylation sites is 1. The Morgan fingerprint density at radius 1 is 1.04 bits per heavy atom. The van der Waals surface area contributed by atoms with Gasteiger partial charge in [-0.1, -0.05) is 48.5 Å². The molecule has 24 heavy (non-hydrogen) atoms. The van der Waals surface area contributed by atoms with Crippen LogP contribution in [-0.4, -0.2) is 10.7 Å². The van der Waals surface area contributed by atoms with Crippen molar-refractivity contribution in [3.63, 3.8) is 0 Å². The van der Waals surface area contributed by atoms with E-state index in [9.17, 15) is 4.79 Å². The van der Waals surface area contributed by atoms with E-state index in [1.54, 1.807) is 11.6 Å². The van der Waals surface area contributed by atoms with E-state index in [1.165, 1.54) is 0 Å². The van der Waals surface area contributed by atoms with Crippen molar-refractivity contribution in [2.75, 3.05) is 0 Å². The number of rotatable bonds is 2. The molecule has 0 saturated carbocycles. The summed E-state index contributed by atoms with van der Waals surface area (Å²) in [7, 11) is 1.79. The second kappa shape index (κ2) is 5.85. The van der Waals surface area contributed by atoms with Crippen LogP contribution in [0.4, 0.5) is 0 Å². The van der Waals surface area contributed by atoms with Crippen LogP contribution < -0.4 is 10.3 Å². The van der Waals surface area contributed by atoms with Gasteiger partial charge in [-0.3, -0.25) is 4.79 Å². The third-order valence-corrected chi connectivity index (χ3v) is 4.27. The molecule has 2 aromatic carbocycles. The largest absolute Gasteiger partial charge is 0.481 e. The molecule has 1 aromatic heterocycles. The van der Waals surface area contributed by atoms with Crippen molar-refractivity contribution in [3.8, 4) is 5.75 Å². The molecule has 1 atom stereocenters. The normalized spacial score (nSPS) is 16.3. The summed E-state index contributed by atoms with van der Waals surface area (Å²) in [4.78, 5) is 12.5. The van der Waals surface area contributed by atoms with E-state index >= 15 is 0 Å². The van der Waals surface area contributed by atoms with E-state index in [0.29, 0.717) is 11.3 Å². The lowest BCUT2D eigenvalue weighted by molar-refractivity contribution is 0.296. The van der Waals surface area contributed by atoms with Crippen LogP contribution in [0.1, 0.15) is 11.1 Å². The maximum atomic E-state index is 12.5. The molecule has 1 aliphatic rings. The first-order valence-electron chi connectivity index (χ1n) is 7.94. The lowest BCUT2D eigenvalue weighted by atomic mass is 10.1. The Morgan fingerprint density at radius 3 is 2.62 bits per heavy atom. The predicted molar refractivity (Wildman–Crippen MR) is 98.1 cm³/mol. The fourth-order valence-corrected chi connectivity index (χ4v) is 3.00. The van der Waals surface area contributed by atoms with Gasteiger partial charge in [-0.15, -0.1) is 0 Å². The van der Waals surface area contributed by atoms with Crippen LogP contribution in [0.15, 0.2) is 71.5 Å². The number of benzene rings is 2. The van der Waals surface area contributed by atoms with Crippen molar-refractivity contribution in [2.45, 2.75) is 6.10 Å². The number of nitrogens with zero attached hydrogens (tertiary/aromatic N) is 1. The van der Waals surface area contributed by atoms with E-state index in [2.05, 4.69) is 0 Å². The van der Waals surface area contributed by atoms with Gasteiger partial charge < -0.3 is 9.30 Å². The van der Waals surface area contributed by atoms with E-state index < -0.39 is 0 Å². The number of fused-ring (bicyclic) bond motifs is 3. The molecule has 0 saturated heterocycles. The van der Waals surface area contributed by atoms with Gasteiger partial charge in [0, 0.05) is 12.4 Å². The summed E-state index contributed by atoms with van der Waals surface area (Å²) in [5.41, 5.74) is 2.57. The number of hydrogen-bond donors (Lipinski definition) is 0. The minimum Gasteiger partial charge on any atom is -0.481 e. The molecule has 1 aliphatic heterocycles. The van der Waals surface area contributed by atoms with Crippen LogP contribution in [0.2, 0.25) is 0 Å². The Labute approximate surface area is 140 Å². The molecule has 3 nitrogen and oxygen atoms in total. The number of aromatic nitrogens is 1. The van der Waals surface area contributed by atoms with Crippen molar-refractivity contribution >= 4 is 23.1 Å². The summed E-state index contributed by atoms with van der Waals surface area (Å²) < 4.78 is 7.78. The zero-order valence-corrected chi connectivity index (χ0v) is 13.3. The SMILES string of the molecule is Cn1c(=O)c2c(c3ccccc31)OC(/C=C/c1ccccc1)C=C2. The first-order chi connectivity index (χ1) is 11.7. The Morgan fingerprint density at radius 2 is 1.79 bits per heavy atom. The molecule has 4 rings (SSSR count). The van der Waals surface area contributed by atoms with Crippen molar-refractivity contribution in [1.29, 1.82) is 0 Å². The summed E-state index contributed by atoms with van der Waals surface area (Å²) >= 11 is 0. The van der Waals surface area contributed by atoms with E-state index in [-0.39, 0.29) is 11.7 Å². The highest BCUT2D eigenvalue weighted by molar-refractivity contribution is 5.89. The molecule has 3 heteroatoms. The van der Waals surface area contributed by atoms with Gasteiger partial charge in [0.25, 0.3) is 5.56 Å². The standard InChI is InChI=1S/C21H17NO2/c1-22-19-10-6-5-9-17(19)20-18(21(22)23)14-13-16(24-20)12-11-15-7-3-2-4-8-15/h2-14,16H,1H3/b12-11+. The Kier molecular flexibility index (Phi) is 3.54. The Bertz CT molecular complexity index is 1010. The number of hydrogen-bond acceptors (Lipinski definition) is 2. The van der Waals surface area contributed by atoms with Crippen molar-refractivity contribution < 1.29 is 4.74 Å². The molecule has 0 aliphatic carbocycles. The van der Waals surface area contributed by atoms with Gasteiger partial charge in [-0.05, 0) is 35.9 Å². The van der Waals surface area contributed by atoms with E-state index in [1.807, 2.05) is 78.9 Å². The molecule has 0 fully saturated rings. The topological polar surface area (TPSA) is 31.2 Å². The van der Waals surface area contributed by atoms with E-state index in [0.717, 1.165) is 16.5 Å². The van der Waals surface area contributed by atoms with Crippen LogP contribution in [0.3, 0.4) is 0 Å². The third kappa shape index (κ3) is 2.44. The van der Waals surface area contributed by atoms with Crippen LogP contribution in [-0.2, 0) is 7.05 Å². The summed E-state index contributed by atoms with van der Waals surface area (Å²) in [5.74, 6) is 0.666. The smallest absolute Gasteiger partial charge is 0.261 e. The maximum absolute atomic E-state index is 12.5. The molecule has 2 heterocycles. The van der Waals surface area contributed by atoms with Crippen LogP contribution in [0, 0.1) is 0 Å². The van der Waals surface area contributed by atoms with Gasteiger partial charge in [0.05, 0.1) is 11.1 Å². The second-order valence-corrected chi connectivity index (χ2v) is 5.84. The van der Waals surface area contributed by atoms with Gasteiger partial charge in [0.1, 0.15) is 11.9 Å². The highest BCUT2D eigenvalue weighted by Crippen LogP contribution is 2.32. The van der Waals surface area contributed by atoms with Crippen molar-refractivity contribution in [3.05, 3.63) is 88.2 Å². The quantitative estimate of drug-likeness (QED) is 0.715. The highest BCUT2D eigenvalue weighted by atomic mass is 16.5. The van der Waals surface area contributed by atoms with Crippen molar-refractivity contribution in [1.82, 2.24) is 4.57 Å². The molecule has 3 aromatic rings. The number of pyridine rings is 1. The summed E-state index contributed by atoms with van der Waals surface area (Å²) in [5, 5.41) is 0.956. The molecule has 0 N–H and O–H groups in total. The molecule has 0 bridgehead atoms. The maximum Gasteiger partial charge on any atom is 0.261 e. The Balaban J connectivity index is 1.76. The third-order valence-electron chi connectivity index (χ3n) is 4.27. The predicted octanol–water partition coefficient (Wildman–Crippen LogP) is 4.03. The molecular formula is C21H17NO2. The molecule has 0 spiro atoms. The first kappa shape index (κ1) is 14.5. The van der Waals surface area contributed by atoms with Gasteiger partial charge in [-0.25, -0.2) is 0 Å². The summed E-state index contributed by atoms with van der Waals surface area (Å²) in [6.45, 7) is 0. The summed E-state index contributed by atoms with van der Waals surface area (Å²) in [6.07, 6.45) is 7.63. The average Bonchev–Trinajstić information content (AvgIpc) is 2.65. The minimum absolute atomic E-state index is 0.0366. The molecule has 1 unspecified atom stereocenters. The fraction of sp³-hybridized carbons (Fsp3) is 0.0952. The minimum atomic E-state index is -0.187. The van der Waals surface area contributed by atoms with Crippen LogP contribution >= 0.6 is 0 Å². The molecule has 0 amide bonds. The van der Waals surface area contributed by atoms with Crippen LogP contribution in [0.5, 0.6) is 5.75 Å². The zero-order chi connectivity index (χ0) is 16.5. The lowest BCUT2D eigenvalue weighted by Crippen LogP contribution is -2.25. The Hall–Kier alpha value is -3.07. The second-order valence-electron chi connectivity index (χ2n) is 5.84. The fourth-order valence-electron chi connectivity index (χ4n) is 3.00. The van der Waals surface area contributed by atoms with Gasteiger partial charge in [0.15, 0.2) is 0 Å². The van der Waals surface area contributed by atoms with Gasteiger partial charge >= 0.3 is 0 Å². The molecule has 0 radical (unpaired) electrons. The highest BCUT2D eigenvalue weighted by Gasteiger charge is 2.20. The van der Waals surface area contributed by atoms with E-state index in [4.69, 9.17) is 4.74 Å². The lowest BCUT2D eigenvalue weighted by Gasteiger charge is -2.21. The molecule has 118 valence electrons. The van der Waals surface area contributed by atoms with Gasteiger partial charge in [-0.2, -0.15) is 0 Å². The van der Waals surface area contributed by atoms with Gasteiger partial charge in [0.2, 0.25) is 0 Å². The number of ether oxygens (including phenoxy) is 1. The monoisotopic (exact) mass is 315 g/mol. The van der Waals surface area contributed by atoms with Crippen LogP contribution in [0.25, 0.3) is 23.1 Å². The number of aryl methyl sites for hydroxylation is 1.